The molecule has 2 heterocycles. The highest BCUT2D eigenvalue weighted by atomic mass is 16.3. The molecule has 0 amide bonds. The number of fused-ring (bicyclic) bond motifs is 1. The van der Waals surface area contributed by atoms with Gasteiger partial charge in [0.25, 0.3) is 5.88 Å². The Kier molecular flexibility index (Phi) is 0.858. The largest absolute Gasteiger partial charge is 0.491 e. The van der Waals surface area contributed by atoms with E-state index in [-0.39, 0.29) is 5.88 Å². The second-order valence-corrected chi connectivity index (χ2v) is 1.82. The van der Waals surface area contributed by atoms with Gasteiger partial charge in [-0.25, -0.2) is 4.52 Å². The third-order valence-corrected chi connectivity index (χ3v) is 1.21. The van der Waals surface area contributed by atoms with Gasteiger partial charge in [-0.05, 0) is 6.07 Å². The summed E-state index contributed by atoms with van der Waals surface area (Å²) in [5.74, 6) is -0.0972. The van der Waals surface area contributed by atoms with E-state index >= 15 is 0 Å². The van der Waals surface area contributed by atoms with Crippen molar-refractivity contribution < 1.29 is 5.11 Å². The van der Waals surface area contributed by atoms with E-state index in [1.165, 1.54) is 10.8 Å². The average Bonchev–Trinajstić information content (AvgIpc) is 2.36. The fourth-order valence-corrected chi connectivity index (χ4v) is 0.764. The van der Waals surface area contributed by atoms with Crippen molar-refractivity contribution in [3.8, 4) is 5.88 Å². The predicted octanol–water partition coefficient (Wildman–Crippen LogP) is -0.170. The monoisotopic (exact) mass is 136 g/mol. The van der Waals surface area contributed by atoms with Gasteiger partial charge in [-0.1, -0.05) is 0 Å². The third kappa shape index (κ3) is 0.540. The van der Waals surface area contributed by atoms with E-state index < -0.39 is 0 Å². The van der Waals surface area contributed by atoms with Crippen LogP contribution < -0.4 is 0 Å². The summed E-state index contributed by atoms with van der Waals surface area (Å²) in [5, 5.41) is 19.8. The van der Waals surface area contributed by atoms with Crippen LogP contribution in [-0.2, 0) is 0 Å². The molecule has 0 fully saturated rings. The smallest absolute Gasteiger partial charge is 0.257 e. The Balaban J connectivity index is 2.95. The summed E-state index contributed by atoms with van der Waals surface area (Å²) in [4.78, 5) is 0. The first kappa shape index (κ1) is 5.16. The third-order valence-electron chi connectivity index (χ3n) is 1.21. The zero-order chi connectivity index (χ0) is 6.97. The van der Waals surface area contributed by atoms with Crippen LogP contribution in [0.25, 0.3) is 5.52 Å². The maximum atomic E-state index is 9.03. The molecule has 0 saturated carbocycles. The van der Waals surface area contributed by atoms with E-state index in [4.69, 9.17) is 5.11 Å². The molecule has 5 heteroatoms. The van der Waals surface area contributed by atoms with E-state index in [1.807, 2.05) is 0 Å². The molecule has 0 bridgehead atoms. The standard InChI is InChI=1S/C5H4N4O/c10-5-4-1-2-7-9(4)3-6-8-5/h1-3H,(H,8,10). The van der Waals surface area contributed by atoms with Crippen molar-refractivity contribution in [1.82, 2.24) is 19.8 Å². The molecule has 0 unspecified atom stereocenters. The van der Waals surface area contributed by atoms with Gasteiger partial charge >= 0.3 is 0 Å². The molecule has 0 atom stereocenters. The Morgan fingerprint density at radius 2 is 2.40 bits per heavy atom. The second-order valence-electron chi connectivity index (χ2n) is 1.82. The van der Waals surface area contributed by atoms with Crippen molar-refractivity contribution in [2.75, 3.05) is 0 Å². The van der Waals surface area contributed by atoms with Crippen molar-refractivity contribution in [1.29, 1.82) is 0 Å². The molecule has 0 spiro atoms. The van der Waals surface area contributed by atoms with Crippen molar-refractivity contribution in [2.45, 2.75) is 0 Å². The van der Waals surface area contributed by atoms with Gasteiger partial charge in [0.1, 0.15) is 11.8 Å². The van der Waals surface area contributed by atoms with Gasteiger partial charge in [0.15, 0.2) is 0 Å². The van der Waals surface area contributed by atoms with Crippen molar-refractivity contribution in [3.05, 3.63) is 18.6 Å². The molecule has 0 saturated heterocycles. The van der Waals surface area contributed by atoms with Crippen LogP contribution in [-0.4, -0.2) is 24.9 Å². The highest BCUT2D eigenvalue weighted by Crippen LogP contribution is 2.10. The lowest BCUT2D eigenvalue weighted by Gasteiger charge is -1.90. The lowest BCUT2D eigenvalue weighted by molar-refractivity contribution is 0.446. The summed E-state index contributed by atoms with van der Waals surface area (Å²) in [6.45, 7) is 0. The Labute approximate surface area is 55.9 Å². The van der Waals surface area contributed by atoms with Gasteiger partial charge in [0, 0.05) is 0 Å². The second kappa shape index (κ2) is 1.66. The quantitative estimate of drug-likeness (QED) is 0.546. The number of aromatic nitrogens is 4. The number of nitrogens with zero attached hydrogens (tertiary/aromatic N) is 4. The van der Waals surface area contributed by atoms with E-state index in [0.29, 0.717) is 5.52 Å². The average molecular weight is 136 g/mol. The number of aromatic hydroxyl groups is 1. The van der Waals surface area contributed by atoms with Crippen molar-refractivity contribution in [3.63, 3.8) is 0 Å². The molecule has 0 aromatic carbocycles. The summed E-state index contributed by atoms with van der Waals surface area (Å²) in [6, 6.07) is 1.66. The minimum absolute atomic E-state index is 0.0972. The van der Waals surface area contributed by atoms with Gasteiger partial charge < -0.3 is 5.11 Å². The van der Waals surface area contributed by atoms with Crippen molar-refractivity contribution in [2.24, 2.45) is 0 Å². The molecular weight excluding hydrogens is 132 g/mol. The molecule has 2 aromatic rings. The molecular formula is C5H4N4O. The molecule has 0 radical (unpaired) electrons. The lowest BCUT2D eigenvalue weighted by atomic mass is 10.5. The van der Waals surface area contributed by atoms with Crippen LogP contribution in [0, 0.1) is 0 Å². The van der Waals surface area contributed by atoms with E-state index in [1.54, 1.807) is 12.3 Å². The van der Waals surface area contributed by atoms with Crippen LogP contribution in [0.5, 0.6) is 5.88 Å². The van der Waals surface area contributed by atoms with Crippen LogP contribution >= 0.6 is 0 Å². The van der Waals surface area contributed by atoms with Gasteiger partial charge in [-0.2, -0.15) is 5.10 Å². The molecule has 50 valence electrons. The molecule has 5 nitrogen and oxygen atoms in total. The summed E-state index contributed by atoms with van der Waals surface area (Å²) >= 11 is 0. The zero-order valence-electron chi connectivity index (χ0n) is 4.97. The van der Waals surface area contributed by atoms with Crippen LogP contribution in [0.3, 0.4) is 0 Å². The minimum atomic E-state index is -0.0972. The zero-order valence-corrected chi connectivity index (χ0v) is 4.97. The maximum absolute atomic E-state index is 9.03. The number of hydrogen-bond donors (Lipinski definition) is 1. The maximum Gasteiger partial charge on any atom is 0.257 e. The van der Waals surface area contributed by atoms with Gasteiger partial charge in [-0.15, -0.1) is 10.2 Å². The lowest BCUT2D eigenvalue weighted by Crippen LogP contribution is -1.90. The Bertz CT molecular complexity index is 355. The van der Waals surface area contributed by atoms with Crippen LogP contribution in [0.1, 0.15) is 0 Å². The van der Waals surface area contributed by atoms with Crippen LogP contribution in [0.4, 0.5) is 0 Å². The molecule has 10 heavy (non-hydrogen) atoms. The number of rotatable bonds is 0. The SMILES string of the molecule is Oc1nncn2nccc12. The highest BCUT2D eigenvalue weighted by Gasteiger charge is 1.98. The normalized spacial score (nSPS) is 10.4. The van der Waals surface area contributed by atoms with Gasteiger partial charge in [0.2, 0.25) is 0 Å². The topological polar surface area (TPSA) is 63.3 Å². The molecule has 2 rings (SSSR count). The summed E-state index contributed by atoms with van der Waals surface area (Å²) < 4.78 is 1.45. The van der Waals surface area contributed by atoms with E-state index in [9.17, 15) is 0 Å². The first-order valence-corrected chi connectivity index (χ1v) is 2.72. The fourth-order valence-electron chi connectivity index (χ4n) is 0.764. The minimum Gasteiger partial charge on any atom is -0.491 e. The molecule has 1 N–H and O–H groups in total. The van der Waals surface area contributed by atoms with Crippen LogP contribution in [0.15, 0.2) is 18.6 Å². The molecule has 0 aliphatic carbocycles. The Morgan fingerprint density at radius 3 is 3.20 bits per heavy atom. The highest BCUT2D eigenvalue weighted by molar-refractivity contribution is 5.52. The molecule has 2 aromatic heterocycles. The van der Waals surface area contributed by atoms with Crippen LogP contribution in [0.2, 0.25) is 0 Å². The summed E-state index contributed by atoms with van der Waals surface area (Å²) in [7, 11) is 0. The number of hydrogen-bond acceptors (Lipinski definition) is 4. The van der Waals surface area contributed by atoms with Gasteiger partial charge in [0.05, 0.1) is 6.20 Å². The Morgan fingerprint density at radius 1 is 1.50 bits per heavy atom. The first-order valence-electron chi connectivity index (χ1n) is 2.72. The van der Waals surface area contributed by atoms with E-state index in [0.717, 1.165) is 0 Å². The fraction of sp³-hybridized carbons (Fsp3) is 0. The molecule has 0 aliphatic heterocycles. The summed E-state index contributed by atoms with van der Waals surface area (Å²) in [5.41, 5.74) is 0.565. The summed E-state index contributed by atoms with van der Waals surface area (Å²) in [6.07, 6.45) is 2.99. The Hall–Kier alpha value is -1.65. The van der Waals surface area contributed by atoms with Gasteiger partial charge in [-0.3, -0.25) is 0 Å². The predicted molar refractivity (Wildman–Crippen MR) is 32.4 cm³/mol. The molecule has 0 aliphatic rings. The van der Waals surface area contributed by atoms with E-state index in [2.05, 4.69) is 15.3 Å². The first-order chi connectivity index (χ1) is 4.88. The van der Waals surface area contributed by atoms with Crippen molar-refractivity contribution >= 4 is 5.52 Å².